The van der Waals surface area contributed by atoms with Gasteiger partial charge in [0.2, 0.25) is 11.8 Å². The van der Waals surface area contributed by atoms with Crippen LogP contribution in [0.15, 0.2) is 30.3 Å². The minimum Gasteiger partial charge on any atom is -0.378 e. The van der Waals surface area contributed by atoms with Gasteiger partial charge in [-0.3, -0.25) is 9.59 Å². The second kappa shape index (κ2) is 9.53. The van der Waals surface area contributed by atoms with Crippen LogP contribution < -0.4 is 5.32 Å². The van der Waals surface area contributed by atoms with E-state index < -0.39 is 5.41 Å². The van der Waals surface area contributed by atoms with Crippen molar-refractivity contribution in [3.8, 4) is 0 Å². The molecule has 2 heterocycles. The lowest BCUT2D eigenvalue weighted by Gasteiger charge is -2.39. The highest BCUT2D eigenvalue weighted by atomic mass is 35.5. The fraction of sp³-hybridized carbons (Fsp3) is 0.600. The predicted octanol–water partition coefficient (Wildman–Crippen LogP) is 1.44. The maximum absolute atomic E-state index is 13.0. The molecular weight excluding hydrogens is 366 g/mol. The third-order valence-electron chi connectivity index (χ3n) is 5.37. The second-order valence-corrected chi connectivity index (χ2v) is 7.59. The molecule has 3 rings (SSSR count). The number of halogens is 1. The van der Waals surface area contributed by atoms with Gasteiger partial charge in [0.25, 0.3) is 0 Å². The first-order chi connectivity index (χ1) is 12.5. The van der Waals surface area contributed by atoms with Crippen molar-refractivity contribution in [2.45, 2.75) is 31.7 Å². The van der Waals surface area contributed by atoms with Gasteiger partial charge < -0.3 is 19.9 Å². The Morgan fingerprint density at radius 1 is 1.11 bits per heavy atom. The SMILES string of the molecule is CC(C)(C(=O)N1CCN(C(=O)CC2COCCN2)CC1)c1ccccc1.Cl. The fourth-order valence-electron chi connectivity index (χ4n) is 3.62. The lowest BCUT2D eigenvalue weighted by molar-refractivity contribution is -0.143. The molecule has 2 aliphatic rings. The number of hydrogen-bond donors (Lipinski definition) is 1. The third-order valence-corrected chi connectivity index (χ3v) is 5.37. The van der Waals surface area contributed by atoms with Crippen molar-refractivity contribution in [1.82, 2.24) is 15.1 Å². The summed E-state index contributed by atoms with van der Waals surface area (Å²) in [6.45, 7) is 8.43. The maximum atomic E-state index is 13.0. The van der Waals surface area contributed by atoms with E-state index >= 15 is 0 Å². The van der Waals surface area contributed by atoms with Gasteiger partial charge in [-0.2, -0.15) is 0 Å². The predicted molar refractivity (Wildman–Crippen MR) is 107 cm³/mol. The van der Waals surface area contributed by atoms with Crippen LogP contribution in [-0.4, -0.2) is 73.6 Å². The number of rotatable bonds is 4. The third kappa shape index (κ3) is 5.21. The summed E-state index contributed by atoms with van der Waals surface area (Å²) in [6.07, 6.45) is 0.462. The van der Waals surface area contributed by atoms with E-state index in [1.807, 2.05) is 54.0 Å². The number of carbonyl (C=O) groups excluding carboxylic acids is 2. The van der Waals surface area contributed by atoms with Crippen LogP contribution in [0.2, 0.25) is 0 Å². The molecule has 2 aliphatic heterocycles. The van der Waals surface area contributed by atoms with Gasteiger partial charge in [-0.05, 0) is 19.4 Å². The number of morpholine rings is 1. The van der Waals surface area contributed by atoms with E-state index in [9.17, 15) is 9.59 Å². The van der Waals surface area contributed by atoms with Crippen LogP contribution in [0.1, 0.15) is 25.8 Å². The summed E-state index contributed by atoms with van der Waals surface area (Å²) in [5, 5.41) is 3.32. The highest BCUT2D eigenvalue weighted by Crippen LogP contribution is 2.26. The molecular formula is C20H30ClN3O3. The Hall–Kier alpha value is -1.63. The van der Waals surface area contributed by atoms with E-state index in [1.165, 1.54) is 0 Å². The van der Waals surface area contributed by atoms with Gasteiger partial charge in [-0.1, -0.05) is 30.3 Å². The fourth-order valence-corrected chi connectivity index (χ4v) is 3.62. The largest absolute Gasteiger partial charge is 0.378 e. The first-order valence-corrected chi connectivity index (χ1v) is 9.42. The topological polar surface area (TPSA) is 61.9 Å². The first kappa shape index (κ1) is 21.7. The zero-order valence-corrected chi connectivity index (χ0v) is 17.0. The molecule has 1 unspecified atom stereocenters. The van der Waals surface area contributed by atoms with Crippen LogP contribution in [0.25, 0.3) is 0 Å². The molecule has 2 fully saturated rings. The molecule has 2 amide bonds. The molecule has 1 atom stereocenters. The monoisotopic (exact) mass is 395 g/mol. The molecule has 0 aliphatic carbocycles. The van der Waals surface area contributed by atoms with Crippen LogP contribution in [0.4, 0.5) is 0 Å². The smallest absolute Gasteiger partial charge is 0.232 e. The zero-order chi connectivity index (χ0) is 18.6. The summed E-state index contributed by atoms with van der Waals surface area (Å²) in [6, 6.07) is 9.98. The first-order valence-electron chi connectivity index (χ1n) is 9.42. The van der Waals surface area contributed by atoms with Crippen LogP contribution in [0.3, 0.4) is 0 Å². The quantitative estimate of drug-likeness (QED) is 0.837. The Kier molecular flexibility index (Phi) is 7.65. The number of nitrogens with one attached hydrogen (secondary N) is 1. The molecule has 150 valence electrons. The maximum Gasteiger partial charge on any atom is 0.232 e. The van der Waals surface area contributed by atoms with Crippen molar-refractivity contribution in [1.29, 1.82) is 0 Å². The summed E-state index contributed by atoms with van der Waals surface area (Å²) < 4.78 is 5.41. The van der Waals surface area contributed by atoms with Crippen molar-refractivity contribution < 1.29 is 14.3 Å². The molecule has 0 saturated carbocycles. The van der Waals surface area contributed by atoms with Crippen LogP contribution in [0.5, 0.6) is 0 Å². The summed E-state index contributed by atoms with van der Waals surface area (Å²) >= 11 is 0. The molecule has 7 heteroatoms. The van der Waals surface area contributed by atoms with Gasteiger partial charge in [-0.25, -0.2) is 0 Å². The minimum absolute atomic E-state index is 0. The number of benzene rings is 1. The number of amides is 2. The van der Waals surface area contributed by atoms with E-state index in [1.54, 1.807) is 0 Å². The standard InChI is InChI=1S/C20H29N3O3.ClH/c1-20(2,16-6-4-3-5-7-16)19(25)23-11-9-22(10-12-23)18(24)14-17-15-26-13-8-21-17;/h3-7,17,21H,8-15H2,1-2H3;1H. The number of ether oxygens (including phenoxy) is 1. The molecule has 0 spiro atoms. The Labute approximate surface area is 167 Å². The van der Waals surface area contributed by atoms with Gasteiger partial charge in [0.1, 0.15) is 0 Å². The molecule has 6 nitrogen and oxygen atoms in total. The van der Waals surface area contributed by atoms with E-state index in [0.29, 0.717) is 45.8 Å². The van der Waals surface area contributed by atoms with E-state index in [2.05, 4.69) is 5.32 Å². The second-order valence-electron chi connectivity index (χ2n) is 7.59. The lowest BCUT2D eigenvalue weighted by Crippen LogP contribution is -2.55. The van der Waals surface area contributed by atoms with Crippen molar-refractivity contribution in [2.24, 2.45) is 0 Å². The summed E-state index contributed by atoms with van der Waals surface area (Å²) in [5.41, 5.74) is 0.462. The molecule has 0 bridgehead atoms. The minimum atomic E-state index is -0.559. The number of carbonyl (C=O) groups is 2. The molecule has 1 N–H and O–H groups in total. The average Bonchev–Trinajstić information content (AvgIpc) is 2.69. The van der Waals surface area contributed by atoms with Crippen molar-refractivity contribution in [2.75, 3.05) is 45.9 Å². The Balaban J connectivity index is 0.00000261. The van der Waals surface area contributed by atoms with E-state index in [0.717, 1.165) is 12.1 Å². The highest BCUT2D eigenvalue weighted by Gasteiger charge is 2.35. The van der Waals surface area contributed by atoms with Crippen molar-refractivity contribution in [3.63, 3.8) is 0 Å². The molecule has 0 aromatic heterocycles. The summed E-state index contributed by atoms with van der Waals surface area (Å²) in [4.78, 5) is 29.3. The van der Waals surface area contributed by atoms with Crippen LogP contribution in [-0.2, 0) is 19.7 Å². The number of hydrogen-bond acceptors (Lipinski definition) is 4. The highest BCUT2D eigenvalue weighted by molar-refractivity contribution is 5.87. The van der Waals surface area contributed by atoms with Gasteiger partial charge >= 0.3 is 0 Å². The van der Waals surface area contributed by atoms with Gasteiger partial charge in [0.05, 0.1) is 18.6 Å². The van der Waals surface area contributed by atoms with Gasteiger partial charge in [-0.15, -0.1) is 12.4 Å². The van der Waals surface area contributed by atoms with Gasteiger partial charge in [0.15, 0.2) is 0 Å². The molecule has 0 radical (unpaired) electrons. The molecule has 2 saturated heterocycles. The van der Waals surface area contributed by atoms with E-state index in [4.69, 9.17) is 4.74 Å². The number of piperazine rings is 1. The van der Waals surface area contributed by atoms with Crippen molar-refractivity contribution >= 4 is 24.2 Å². The van der Waals surface area contributed by atoms with Crippen molar-refractivity contribution in [3.05, 3.63) is 35.9 Å². The van der Waals surface area contributed by atoms with Crippen LogP contribution in [0, 0.1) is 0 Å². The Morgan fingerprint density at radius 2 is 1.74 bits per heavy atom. The average molecular weight is 396 g/mol. The normalized spacial score (nSPS) is 20.7. The zero-order valence-electron chi connectivity index (χ0n) is 16.1. The van der Waals surface area contributed by atoms with Crippen LogP contribution >= 0.6 is 12.4 Å². The summed E-state index contributed by atoms with van der Waals surface area (Å²) in [7, 11) is 0. The number of nitrogens with zero attached hydrogens (tertiary/aromatic N) is 2. The van der Waals surface area contributed by atoms with E-state index in [-0.39, 0.29) is 30.3 Å². The molecule has 27 heavy (non-hydrogen) atoms. The van der Waals surface area contributed by atoms with Gasteiger partial charge in [0, 0.05) is 45.2 Å². The Morgan fingerprint density at radius 3 is 2.33 bits per heavy atom. The molecule has 1 aromatic carbocycles. The molecule has 1 aromatic rings. The summed E-state index contributed by atoms with van der Waals surface area (Å²) in [5.74, 6) is 0.264. The lowest BCUT2D eigenvalue weighted by atomic mass is 9.83. The Bertz CT molecular complexity index is 625.